The molecule has 0 saturated heterocycles. The van der Waals surface area contributed by atoms with Crippen LogP contribution in [-0.4, -0.2) is 6.04 Å². The Morgan fingerprint density at radius 3 is 2.61 bits per heavy atom. The van der Waals surface area contributed by atoms with E-state index in [1.807, 2.05) is 12.1 Å². The minimum Gasteiger partial charge on any atom is -0.380 e. The fraction of sp³-hybridized carbons (Fsp3) is 0.625. The summed E-state index contributed by atoms with van der Waals surface area (Å²) in [5, 5.41) is 3.44. The van der Waals surface area contributed by atoms with E-state index in [4.69, 9.17) is 0 Å². The zero-order valence-electron chi connectivity index (χ0n) is 11.6. The van der Waals surface area contributed by atoms with Crippen LogP contribution in [0.5, 0.6) is 0 Å². The van der Waals surface area contributed by atoms with Crippen LogP contribution in [0.1, 0.15) is 40.0 Å². The van der Waals surface area contributed by atoms with Crippen molar-refractivity contribution in [2.75, 3.05) is 5.32 Å². The van der Waals surface area contributed by atoms with Gasteiger partial charge in [0.15, 0.2) is 0 Å². The number of hydrogen-bond donors (Lipinski definition) is 1. The average molecular weight is 249 g/mol. The van der Waals surface area contributed by atoms with Gasteiger partial charge >= 0.3 is 0 Å². The zero-order chi connectivity index (χ0) is 13.1. The Balaban J connectivity index is 2.11. The second-order valence-electron chi connectivity index (χ2n) is 6.06. The van der Waals surface area contributed by atoms with Crippen LogP contribution in [0.15, 0.2) is 24.3 Å². The molecule has 1 aromatic rings. The van der Waals surface area contributed by atoms with Crippen molar-refractivity contribution in [3.63, 3.8) is 0 Å². The van der Waals surface area contributed by atoms with Gasteiger partial charge in [-0.05, 0) is 42.7 Å². The Bertz CT molecular complexity index is 388. The van der Waals surface area contributed by atoms with E-state index >= 15 is 0 Å². The summed E-state index contributed by atoms with van der Waals surface area (Å²) < 4.78 is 13.7. The van der Waals surface area contributed by atoms with Crippen LogP contribution in [0.25, 0.3) is 0 Å². The normalized spacial score (nSPS) is 28.4. The van der Waals surface area contributed by atoms with Gasteiger partial charge in [0, 0.05) is 6.04 Å². The fourth-order valence-electron chi connectivity index (χ4n) is 3.15. The van der Waals surface area contributed by atoms with Crippen molar-refractivity contribution < 1.29 is 4.39 Å². The predicted molar refractivity (Wildman–Crippen MR) is 75.2 cm³/mol. The van der Waals surface area contributed by atoms with Gasteiger partial charge in [-0.15, -0.1) is 0 Å². The first-order chi connectivity index (χ1) is 8.58. The Labute approximate surface area is 110 Å². The molecule has 1 aliphatic rings. The molecular weight excluding hydrogens is 225 g/mol. The maximum atomic E-state index is 13.7. The van der Waals surface area contributed by atoms with Gasteiger partial charge in [-0.25, -0.2) is 4.39 Å². The summed E-state index contributed by atoms with van der Waals surface area (Å²) in [6.45, 7) is 6.85. The van der Waals surface area contributed by atoms with Crippen LogP contribution >= 0.6 is 0 Å². The summed E-state index contributed by atoms with van der Waals surface area (Å²) >= 11 is 0. The van der Waals surface area contributed by atoms with E-state index in [2.05, 4.69) is 26.1 Å². The Morgan fingerprint density at radius 1 is 1.22 bits per heavy atom. The third kappa shape index (κ3) is 3.04. The minimum absolute atomic E-state index is 0.141. The summed E-state index contributed by atoms with van der Waals surface area (Å²) in [5.41, 5.74) is 0.655. The number of nitrogens with one attached hydrogen (secondary N) is 1. The first-order valence-electron chi connectivity index (χ1n) is 7.09. The number of para-hydroxylation sites is 1. The van der Waals surface area contributed by atoms with Crippen LogP contribution in [0.4, 0.5) is 10.1 Å². The highest BCUT2D eigenvalue weighted by atomic mass is 19.1. The van der Waals surface area contributed by atoms with E-state index in [9.17, 15) is 4.39 Å². The van der Waals surface area contributed by atoms with Crippen molar-refractivity contribution in [1.82, 2.24) is 0 Å². The molecule has 0 aromatic heterocycles. The van der Waals surface area contributed by atoms with Gasteiger partial charge < -0.3 is 5.32 Å². The standard InChI is InChI=1S/C16H24FN/c1-11(2)13-9-8-12(3)10-16(13)18-15-7-5-4-6-14(15)17/h4-7,11-13,16,18H,8-10H2,1-3H3. The van der Waals surface area contributed by atoms with Crippen molar-refractivity contribution in [3.05, 3.63) is 30.1 Å². The molecule has 0 radical (unpaired) electrons. The lowest BCUT2D eigenvalue weighted by atomic mass is 9.74. The van der Waals surface area contributed by atoms with Crippen molar-refractivity contribution in [2.24, 2.45) is 17.8 Å². The monoisotopic (exact) mass is 249 g/mol. The first-order valence-corrected chi connectivity index (χ1v) is 7.09. The van der Waals surface area contributed by atoms with Crippen LogP contribution in [0.3, 0.4) is 0 Å². The number of halogens is 1. The van der Waals surface area contributed by atoms with Crippen molar-refractivity contribution in [2.45, 2.75) is 46.1 Å². The second kappa shape index (κ2) is 5.73. The number of benzene rings is 1. The molecule has 100 valence electrons. The van der Waals surface area contributed by atoms with E-state index in [1.165, 1.54) is 18.9 Å². The minimum atomic E-state index is -0.141. The quantitative estimate of drug-likeness (QED) is 0.819. The van der Waals surface area contributed by atoms with Crippen LogP contribution in [0.2, 0.25) is 0 Å². The van der Waals surface area contributed by atoms with E-state index in [0.717, 1.165) is 12.3 Å². The van der Waals surface area contributed by atoms with Gasteiger partial charge in [-0.1, -0.05) is 39.3 Å². The smallest absolute Gasteiger partial charge is 0.146 e. The van der Waals surface area contributed by atoms with E-state index in [-0.39, 0.29) is 5.82 Å². The lowest BCUT2D eigenvalue weighted by molar-refractivity contribution is 0.211. The fourth-order valence-corrected chi connectivity index (χ4v) is 3.15. The van der Waals surface area contributed by atoms with Crippen LogP contribution < -0.4 is 5.32 Å². The first kappa shape index (κ1) is 13.4. The molecule has 1 fully saturated rings. The van der Waals surface area contributed by atoms with E-state index < -0.39 is 0 Å². The molecule has 3 unspecified atom stereocenters. The van der Waals surface area contributed by atoms with E-state index in [1.54, 1.807) is 6.07 Å². The van der Waals surface area contributed by atoms with Crippen molar-refractivity contribution >= 4 is 5.69 Å². The van der Waals surface area contributed by atoms with Crippen molar-refractivity contribution in [3.8, 4) is 0 Å². The molecule has 1 aromatic carbocycles. The molecule has 3 atom stereocenters. The molecule has 2 rings (SSSR count). The Kier molecular flexibility index (Phi) is 4.26. The van der Waals surface area contributed by atoms with Gasteiger partial charge in [0.1, 0.15) is 5.82 Å². The number of anilines is 1. The van der Waals surface area contributed by atoms with Crippen molar-refractivity contribution in [1.29, 1.82) is 0 Å². The summed E-state index contributed by atoms with van der Waals surface area (Å²) in [7, 11) is 0. The summed E-state index contributed by atoms with van der Waals surface area (Å²) in [5.74, 6) is 1.91. The summed E-state index contributed by atoms with van der Waals surface area (Å²) in [6, 6.07) is 7.40. The molecule has 18 heavy (non-hydrogen) atoms. The summed E-state index contributed by atoms with van der Waals surface area (Å²) in [4.78, 5) is 0. The van der Waals surface area contributed by atoms with Crippen LogP contribution in [-0.2, 0) is 0 Å². The molecule has 0 spiro atoms. The highest BCUT2D eigenvalue weighted by Gasteiger charge is 2.30. The number of rotatable bonds is 3. The lowest BCUT2D eigenvalue weighted by Crippen LogP contribution is -2.38. The third-order valence-electron chi connectivity index (χ3n) is 4.24. The van der Waals surface area contributed by atoms with Gasteiger partial charge in [-0.3, -0.25) is 0 Å². The molecule has 1 saturated carbocycles. The molecule has 1 aliphatic carbocycles. The third-order valence-corrected chi connectivity index (χ3v) is 4.24. The van der Waals surface area contributed by atoms with E-state index in [0.29, 0.717) is 23.6 Å². The SMILES string of the molecule is CC1CCC(C(C)C)C(Nc2ccccc2F)C1. The second-order valence-corrected chi connectivity index (χ2v) is 6.06. The molecule has 0 aliphatic heterocycles. The molecule has 0 bridgehead atoms. The van der Waals surface area contributed by atoms with Gasteiger partial charge in [-0.2, -0.15) is 0 Å². The van der Waals surface area contributed by atoms with Gasteiger partial charge in [0.05, 0.1) is 5.69 Å². The molecule has 2 heteroatoms. The van der Waals surface area contributed by atoms with Gasteiger partial charge in [0.25, 0.3) is 0 Å². The largest absolute Gasteiger partial charge is 0.380 e. The maximum Gasteiger partial charge on any atom is 0.146 e. The Hall–Kier alpha value is -1.05. The van der Waals surface area contributed by atoms with Gasteiger partial charge in [0.2, 0.25) is 0 Å². The molecule has 0 amide bonds. The topological polar surface area (TPSA) is 12.0 Å². The molecule has 1 N–H and O–H groups in total. The molecular formula is C16H24FN. The lowest BCUT2D eigenvalue weighted by Gasteiger charge is -2.38. The zero-order valence-corrected chi connectivity index (χ0v) is 11.6. The summed E-state index contributed by atoms with van der Waals surface area (Å²) in [6.07, 6.45) is 3.71. The maximum absolute atomic E-state index is 13.7. The van der Waals surface area contributed by atoms with Crippen LogP contribution in [0, 0.1) is 23.6 Å². The average Bonchev–Trinajstić information content (AvgIpc) is 2.32. The Morgan fingerprint density at radius 2 is 1.94 bits per heavy atom. The highest BCUT2D eigenvalue weighted by Crippen LogP contribution is 2.35. The molecule has 1 nitrogen and oxygen atoms in total. The predicted octanol–water partition coefficient (Wildman–Crippen LogP) is 4.70. The molecule has 0 heterocycles. The highest BCUT2D eigenvalue weighted by molar-refractivity contribution is 5.45. The number of hydrogen-bond acceptors (Lipinski definition) is 1.